The Morgan fingerprint density at radius 2 is 2.19 bits per heavy atom. The number of aromatic nitrogens is 2. The van der Waals surface area contributed by atoms with E-state index in [0.29, 0.717) is 12.1 Å². The number of rotatable bonds is 3. The average Bonchev–Trinajstić information content (AvgIpc) is 3.01. The number of nitrogens with two attached hydrogens (primary N) is 1. The van der Waals surface area contributed by atoms with Crippen LogP contribution in [-0.4, -0.2) is 22.3 Å². The second-order valence-electron chi connectivity index (χ2n) is 5.25. The predicted molar refractivity (Wildman–Crippen MR) is 72.7 cm³/mol. The highest BCUT2D eigenvalue weighted by Gasteiger charge is 2.31. The number of halogens is 3. The molecule has 1 saturated heterocycles. The van der Waals surface area contributed by atoms with Gasteiger partial charge in [-0.25, -0.2) is 4.98 Å². The molecule has 1 unspecified atom stereocenters. The molecule has 2 heterocycles. The van der Waals surface area contributed by atoms with E-state index in [1.165, 1.54) is 6.07 Å². The highest BCUT2D eigenvalue weighted by Crippen LogP contribution is 2.32. The maximum atomic E-state index is 12.7. The number of benzene rings is 1. The SMILES string of the molecule is Nc1nc2cc(C(F)(F)F)ccc2n1CCC1CCCO1. The molecule has 1 atom stereocenters. The molecule has 0 radical (unpaired) electrons. The fourth-order valence-electron chi connectivity index (χ4n) is 2.70. The first-order valence-electron chi connectivity index (χ1n) is 6.90. The van der Waals surface area contributed by atoms with Crippen LogP contribution in [-0.2, 0) is 17.5 Å². The minimum atomic E-state index is -4.37. The van der Waals surface area contributed by atoms with Crippen molar-refractivity contribution in [2.24, 2.45) is 0 Å². The lowest BCUT2D eigenvalue weighted by Crippen LogP contribution is -2.11. The largest absolute Gasteiger partial charge is 0.416 e. The summed E-state index contributed by atoms with van der Waals surface area (Å²) in [6.07, 6.45) is -1.30. The highest BCUT2D eigenvalue weighted by atomic mass is 19.4. The molecule has 1 aromatic carbocycles. The number of fused-ring (bicyclic) bond motifs is 1. The summed E-state index contributed by atoms with van der Waals surface area (Å²) >= 11 is 0. The zero-order chi connectivity index (χ0) is 15.0. The Morgan fingerprint density at radius 3 is 2.86 bits per heavy atom. The van der Waals surface area contributed by atoms with E-state index in [1.54, 1.807) is 4.57 Å². The van der Waals surface area contributed by atoms with Gasteiger partial charge in [-0.1, -0.05) is 0 Å². The lowest BCUT2D eigenvalue weighted by molar-refractivity contribution is -0.137. The summed E-state index contributed by atoms with van der Waals surface area (Å²) in [6, 6.07) is 3.53. The number of alkyl halides is 3. The van der Waals surface area contributed by atoms with E-state index in [4.69, 9.17) is 10.5 Å². The molecule has 1 aliphatic rings. The first-order chi connectivity index (χ1) is 9.95. The molecule has 7 heteroatoms. The molecule has 0 amide bonds. The Balaban J connectivity index is 1.86. The average molecular weight is 299 g/mol. The van der Waals surface area contributed by atoms with Crippen LogP contribution >= 0.6 is 0 Å². The molecule has 2 N–H and O–H groups in total. The van der Waals surface area contributed by atoms with Crippen molar-refractivity contribution in [2.75, 3.05) is 12.3 Å². The van der Waals surface area contributed by atoms with Gasteiger partial charge < -0.3 is 15.0 Å². The Morgan fingerprint density at radius 1 is 1.38 bits per heavy atom. The number of ether oxygens (including phenoxy) is 1. The maximum Gasteiger partial charge on any atom is 0.416 e. The molecule has 0 aliphatic carbocycles. The summed E-state index contributed by atoms with van der Waals surface area (Å²) in [5.41, 5.74) is 6.01. The minimum Gasteiger partial charge on any atom is -0.378 e. The Labute approximate surface area is 119 Å². The lowest BCUT2D eigenvalue weighted by atomic mass is 10.1. The molecular formula is C14H16F3N3O. The summed E-state index contributed by atoms with van der Waals surface area (Å²) in [4.78, 5) is 4.03. The third kappa shape index (κ3) is 2.83. The zero-order valence-electron chi connectivity index (χ0n) is 11.4. The number of imidazole rings is 1. The van der Waals surface area contributed by atoms with Crippen molar-refractivity contribution in [3.8, 4) is 0 Å². The second-order valence-corrected chi connectivity index (χ2v) is 5.25. The Hall–Kier alpha value is -1.76. The van der Waals surface area contributed by atoms with Gasteiger partial charge in [-0.3, -0.25) is 0 Å². The molecule has 21 heavy (non-hydrogen) atoms. The molecule has 0 spiro atoms. The van der Waals surface area contributed by atoms with Gasteiger partial charge in [0.2, 0.25) is 5.95 Å². The second kappa shape index (κ2) is 5.22. The molecule has 1 fully saturated rings. The molecule has 1 aromatic heterocycles. The van der Waals surface area contributed by atoms with Crippen LogP contribution in [0.15, 0.2) is 18.2 Å². The van der Waals surface area contributed by atoms with Crippen molar-refractivity contribution in [2.45, 2.75) is 38.1 Å². The number of nitrogens with zero attached hydrogens (tertiary/aromatic N) is 2. The van der Waals surface area contributed by atoms with Crippen LogP contribution < -0.4 is 5.73 Å². The zero-order valence-corrected chi connectivity index (χ0v) is 11.4. The lowest BCUT2D eigenvalue weighted by Gasteiger charge is -2.11. The van der Waals surface area contributed by atoms with Crippen LogP contribution in [0, 0.1) is 0 Å². The number of anilines is 1. The molecule has 3 rings (SSSR count). The van der Waals surface area contributed by atoms with Gasteiger partial charge in [-0.05, 0) is 37.5 Å². The van der Waals surface area contributed by atoms with Gasteiger partial charge in [0.05, 0.1) is 22.7 Å². The van der Waals surface area contributed by atoms with Crippen molar-refractivity contribution < 1.29 is 17.9 Å². The smallest absolute Gasteiger partial charge is 0.378 e. The van der Waals surface area contributed by atoms with E-state index in [9.17, 15) is 13.2 Å². The van der Waals surface area contributed by atoms with Crippen LogP contribution in [0.4, 0.5) is 19.1 Å². The monoisotopic (exact) mass is 299 g/mol. The number of hydrogen-bond acceptors (Lipinski definition) is 3. The first kappa shape index (κ1) is 14.2. The van der Waals surface area contributed by atoms with Gasteiger partial charge in [0, 0.05) is 13.2 Å². The van der Waals surface area contributed by atoms with Crippen molar-refractivity contribution >= 4 is 17.0 Å². The molecule has 2 aromatic rings. The fourth-order valence-corrected chi connectivity index (χ4v) is 2.70. The van der Waals surface area contributed by atoms with E-state index in [1.807, 2.05) is 0 Å². The van der Waals surface area contributed by atoms with Crippen LogP contribution in [0.3, 0.4) is 0 Å². The first-order valence-corrected chi connectivity index (χ1v) is 6.90. The van der Waals surface area contributed by atoms with Crippen LogP contribution in [0.1, 0.15) is 24.8 Å². The summed E-state index contributed by atoms with van der Waals surface area (Å²) in [7, 11) is 0. The Kier molecular flexibility index (Phi) is 3.52. The highest BCUT2D eigenvalue weighted by molar-refractivity contribution is 5.79. The quantitative estimate of drug-likeness (QED) is 0.947. The number of aryl methyl sites for hydroxylation is 1. The molecule has 0 saturated carbocycles. The van der Waals surface area contributed by atoms with Gasteiger partial charge in [-0.2, -0.15) is 13.2 Å². The fraction of sp³-hybridized carbons (Fsp3) is 0.500. The normalized spacial score (nSPS) is 19.5. The summed E-state index contributed by atoms with van der Waals surface area (Å²) in [5.74, 6) is 0.238. The standard InChI is InChI=1S/C14H16F3N3O/c15-14(16,17)9-3-4-12-11(8-9)19-13(18)20(12)6-5-10-2-1-7-21-10/h3-4,8,10H,1-2,5-7H2,(H2,18,19). The van der Waals surface area contributed by atoms with Crippen LogP contribution in [0.2, 0.25) is 0 Å². The van der Waals surface area contributed by atoms with E-state index in [-0.39, 0.29) is 17.6 Å². The van der Waals surface area contributed by atoms with Gasteiger partial charge >= 0.3 is 6.18 Å². The van der Waals surface area contributed by atoms with Crippen LogP contribution in [0.5, 0.6) is 0 Å². The van der Waals surface area contributed by atoms with E-state index >= 15 is 0 Å². The summed E-state index contributed by atoms with van der Waals surface area (Å²) in [5, 5.41) is 0. The van der Waals surface area contributed by atoms with E-state index < -0.39 is 11.7 Å². The third-order valence-electron chi connectivity index (χ3n) is 3.80. The van der Waals surface area contributed by atoms with Gasteiger partial charge in [-0.15, -0.1) is 0 Å². The Bertz CT molecular complexity index is 645. The van der Waals surface area contributed by atoms with Crippen molar-refractivity contribution in [3.05, 3.63) is 23.8 Å². The van der Waals surface area contributed by atoms with Crippen LogP contribution in [0.25, 0.3) is 11.0 Å². The third-order valence-corrected chi connectivity index (χ3v) is 3.80. The van der Waals surface area contributed by atoms with Crippen molar-refractivity contribution in [3.63, 3.8) is 0 Å². The van der Waals surface area contributed by atoms with Gasteiger partial charge in [0.25, 0.3) is 0 Å². The molecule has 1 aliphatic heterocycles. The molecule has 0 bridgehead atoms. The minimum absolute atomic E-state index is 0.205. The summed E-state index contributed by atoms with van der Waals surface area (Å²) < 4.78 is 45.4. The summed E-state index contributed by atoms with van der Waals surface area (Å²) in [6.45, 7) is 1.37. The number of hydrogen-bond donors (Lipinski definition) is 1. The van der Waals surface area contributed by atoms with Gasteiger partial charge in [0.1, 0.15) is 0 Å². The maximum absolute atomic E-state index is 12.7. The van der Waals surface area contributed by atoms with Crippen molar-refractivity contribution in [1.82, 2.24) is 9.55 Å². The predicted octanol–water partition coefficient (Wildman–Crippen LogP) is 3.21. The molecule has 114 valence electrons. The topological polar surface area (TPSA) is 53.1 Å². The molecular weight excluding hydrogens is 283 g/mol. The molecule has 4 nitrogen and oxygen atoms in total. The van der Waals surface area contributed by atoms with E-state index in [0.717, 1.165) is 38.0 Å². The number of nitrogen functional groups attached to an aromatic ring is 1. The van der Waals surface area contributed by atoms with E-state index in [2.05, 4.69) is 4.98 Å². The van der Waals surface area contributed by atoms with Crippen molar-refractivity contribution in [1.29, 1.82) is 0 Å². The van der Waals surface area contributed by atoms with Gasteiger partial charge in [0.15, 0.2) is 0 Å².